The lowest BCUT2D eigenvalue weighted by Crippen LogP contribution is -2.26. The number of hydroxylamine groups is 1. The third kappa shape index (κ3) is 3.59. The van der Waals surface area contributed by atoms with Crippen LogP contribution in [0.15, 0.2) is 26.2 Å². The second-order valence-electron chi connectivity index (χ2n) is 3.73. The summed E-state index contributed by atoms with van der Waals surface area (Å²) in [5.74, 6) is 0.322. The molecule has 2 rings (SSSR count). The van der Waals surface area contributed by atoms with Gasteiger partial charge in [-0.1, -0.05) is 6.42 Å². The van der Waals surface area contributed by atoms with E-state index in [0.717, 1.165) is 38.1 Å². The van der Waals surface area contributed by atoms with Crippen molar-refractivity contribution >= 4 is 27.7 Å². The number of nitrogens with one attached hydrogen (secondary N) is 1. The molecule has 0 aromatic carbocycles. The topological polar surface area (TPSA) is 63.8 Å². The minimum Gasteiger partial charge on any atom is -0.442 e. The quantitative estimate of drug-likeness (QED) is 0.810. The predicted octanol–water partition coefficient (Wildman–Crippen LogP) is 2.68. The van der Waals surface area contributed by atoms with Gasteiger partial charge in [-0.05, 0) is 40.9 Å². The van der Waals surface area contributed by atoms with Crippen molar-refractivity contribution in [3.63, 3.8) is 0 Å². The molecule has 1 N–H and O–H groups in total. The molecule has 0 atom stereocenters. The van der Waals surface area contributed by atoms with Crippen molar-refractivity contribution in [2.24, 2.45) is 4.99 Å². The number of carbonyl (C=O) groups excluding carboxylic acids is 1. The van der Waals surface area contributed by atoms with Crippen molar-refractivity contribution in [2.45, 2.75) is 25.7 Å². The number of carbonyl (C=O) groups is 1. The average Bonchev–Trinajstić information content (AvgIpc) is 2.61. The first kappa shape index (κ1) is 12.2. The highest BCUT2D eigenvalue weighted by Gasteiger charge is 2.13. The monoisotopic (exact) mass is 300 g/mol. The maximum absolute atomic E-state index is 11.5. The summed E-state index contributed by atoms with van der Waals surface area (Å²) in [6.07, 6.45) is 4.13. The van der Waals surface area contributed by atoms with E-state index in [4.69, 9.17) is 9.25 Å². The van der Waals surface area contributed by atoms with E-state index in [2.05, 4.69) is 26.4 Å². The Morgan fingerprint density at radius 3 is 3.06 bits per heavy atom. The van der Waals surface area contributed by atoms with Crippen LogP contribution in [0.2, 0.25) is 0 Å². The molecule has 6 heteroatoms. The average molecular weight is 301 g/mol. The normalized spacial score (nSPS) is 15.9. The number of hydrogen-bond acceptors (Lipinski definition) is 5. The summed E-state index contributed by atoms with van der Waals surface area (Å²) in [6.45, 7) is 0.784. The van der Waals surface area contributed by atoms with Crippen LogP contribution in [0, 0.1) is 0 Å². The SMILES string of the molecule is O=C(ONC1=NCCCCC1)c1ccc(Br)o1. The van der Waals surface area contributed by atoms with E-state index in [1.165, 1.54) is 0 Å². The minimum atomic E-state index is -0.553. The largest absolute Gasteiger partial charge is 0.442 e. The van der Waals surface area contributed by atoms with Crippen molar-refractivity contribution in [1.82, 2.24) is 5.48 Å². The Kier molecular flexibility index (Phi) is 4.19. The first-order valence-electron chi connectivity index (χ1n) is 5.51. The maximum atomic E-state index is 11.5. The zero-order valence-corrected chi connectivity index (χ0v) is 10.8. The van der Waals surface area contributed by atoms with Crippen LogP contribution in [-0.4, -0.2) is 18.3 Å². The molecule has 0 bridgehead atoms. The molecule has 0 spiro atoms. The van der Waals surface area contributed by atoms with E-state index >= 15 is 0 Å². The molecule has 1 aromatic heterocycles. The van der Waals surface area contributed by atoms with Crippen molar-refractivity contribution in [2.75, 3.05) is 6.54 Å². The summed E-state index contributed by atoms with van der Waals surface area (Å²) in [6, 6.07) is 3.18. The summed E-state index contributed by atoms with van der Waals surface area (Å²) in [4.78, 5) is 20.7. The van der Waals surface area contributed by atoms with E-state index in [1.54, 1.807) is 12.1 Å². The van der Waals surface area contributed by atoms with E-state index < -0.39 is 5.97 Å². The van der Waals surface area contributed by atoms with Gasteiger partial charge in [-0.25, -0.2) is 10.3 Å². The molecule has 17 heavy (non-hydrogen) atoms. The lowest BCUT2D eigenvalue weighted by Gasteiger charge is -2.06. The number of amidine groups is 1. The van der Waals surface area contributed by atoms with E-state index in [1.807, 2.05) is 0 Å². The van der Waals surface area contributed by atoms with E-state index in [0.29, 0.717) is 4.67 Å². The summed E-state index contributed by atoms with van der Waals surface area (Å²) >= 11 is 3.12. The fraction of sp³-hybridized carbons (Fsp3) is 0.455. The van der Waals surface area contributed by atoms with Gasteiger partial charge >= 0.3 is 5.97 Å². The predicted molar refractivity (Wildman–Crippen MR) is 65.7 cm³/mol. The first-order chi connectivity index (χ1) is 8.25. The first-order valence-corrected chi connectivity index (χ1v) is 6.31. The molecule has 1 aliphatic rings. The number of aliphatic imine (C=N–C) groups is 1. The van der Waals surface area contributed by atoms with Gasteiger partial charge in [-0.2, -0.15) is 0 Å². The molecule has 1 aromatic rings. The number of hydrogen-bond donors (Lipinski definition) is 1. The molecule has 0 unspecified atom stereocenters. The molecule has 0 aliphatic carbocycles. The van der Waals surface area contributed by atoms with Gasteiger partial charge in [0, 0.05) is 13.0 Å². The highest BCUT2D eigenvalue weighted by Crippen LogP contribution is 2.14. The van der Waals surface area contributed by atoms with Gasteiger partial charge in [0.1, 0.15) is 5.84 Å². The van der Waals surface area contributed by atoms with Crippen molar-refractivity contribution < 1.29 is 14.0 Å². The Labute approximate surface area is 107 Å². The Bertz CT molecular complexity index is 428. The molecule has 2 heterocycles. The van der Waals surface area contributed by atoms with Crippen molar-refractivity contribution in [3.8, 4) is 0 Å². The second-order valence-corrected chi connectivity index (χ2v) is 4.52. The molecule has 0 saturated heterocycles. The van der Waals surface area contributed by atoms with Crippen LogP contribution in [0.3, 0.4) is 0 Å². The van der Waals surface area contributed by atoms with Crippen LogP contribution in [-0.2, 0) is 4.84 Å². The summed E-state index contributed by atoms with van der Waals surface area (Å²) in [7, 11) is 0. The third-order valence-electron chi connectivity index (χ3n) is 2.41. The van der Waals surface area contributed by atoms with E-state index in [-0.39, 0.29) is 5.76 Å². The Balaban J connectivity index is 1.85. The summed E-state index contributed by atoms with van der Waals surface area (Å²) < 4.78 is 5.57. The number of furan rings is 1. The number of halogens is 1. The van der Waals surface area contributed by atoms with Gasteiger partial charge in [-0.3, -0.25) is 4.99 Å². The fourth-order valence-corrected chi connectivity index (χ4v) is 1.84. The lowest BCUT2D eigenvalue weighted by molar-refractivity contribution is 0.0344. The highest BCUT2D eigenvalue weighted by atomic mass is 79.9. The molecular weight excluding hydrogens is 288 g/mol. The number of nitrogens with zero attached hydrogens (tertiary/aromatic N) is 1. The van der Waals surface area contributed by atoms with Gasteiger partial charge in [0.15, 0.2) is 4.67 Å². The molecule has 0 amide bonds. The van der Waals surface area contributed by atoms with Crippen LogP contribution in [0.1, 0.15) is 36.2 Å². The summed E-state index contributed by atoms with van der Waals surface area (Å²) in [5, 5.41) is 0. The highest BCUT2D eigenvalue weighted by molar-refractivity contribution is 9.10. The zero-order chi connectivity index (χ0) is 12.1. The van der Waals surface area contributed by atoms with Gasteiger partial charge < -0.3 is 9.25 Å². The molecule has 0 radical (unpaired) electrons. The molecular formula is C11H13BrN2O3. The second kappa shape index (κ2) is 5.86. The molecule has 0 saturated carbocycles. The van der Waals surface area contributed by atoms with Gasteiger partial charge in [0.2, 0.25) is 5.76 Å². The lowest BCUT2D eigenvalue weighted by atomic mass is 10.2. The van der Waals surface area contributed by atoms with Crippen molar-refractivity contribution in [3.05, 3.63) is 22.6 Å². The van der Waals surface area contributed by atoms with Gasteiger partial charge in [0.05, 0.1) is 0 Å². The molecule has 0 fully saturated rings. The van der Waals surface area contributed by atoms with Crippen LogP contribution < -0.4 is 5.48 Å². The maximum Gasteiger partial charge on any atom is 0.398 e. The Morgan fingerprint density at radius 1 is 1.41 bits per heavy atom. The fourth-order valence-electron chi connectivity index (χ4n) is 1.54. The minimum absolute atomic E-state index is 0.151. The van der Waals surface area contributed by atoms with Crippen LogP contribution in [0.4, 0.5) is 0 Å². The third-order valence-corrected chi connectivity index (χ3v) is 2.84. The van der Waals surface area contributed by atoms with Crippen LogP contribution in [0.25, 0.3) is 0 Å². The van der Waals surface area contributed by atoms with Crippen LogP contribution >= 0.6 is 15.9 Å². The van der Waals surface area contributed by atoms with E-state index in [9.17, 15) is 4.79 Å². The number of rotatable bonds is 1. The van der Waals surface area contributed by atoms with Crippen molar-refractivity contribution in [1.29, 1.82) is 0 Å². The van der Waals surface area contributed by atoms with Gasteiger partial charge in [-0.15, -0.1) is 0 Å². The smallest absolute Gasteiger partial charge is 0.398 e. The Morgan fingerprint density at radius 2 is 2.29 bits per heavy atom. The molecule has 1 aliphatic heterocycles. The zero-order valence-electron chi connectivity index (χ0n) is 9.24. The summed E-state index contributed by atoms with van der Waals surface area (Å²) in [5.41, 5.74) is 2.59. The molecule has 92 valence electrons. The molecule has 5 nitrogen and oxygen atoms in total. The Hall–Kier alpha value is -1.30. The standard InChI is InChI=1S/C11H13BrN2O3/c12-9-6-5-8(16-9)11(15)17-14-10-4-2-1-3-7-13-10/h5-6H,1-4,7H2,(H,13,14). The van der Waals surface area contributed by atoms with Gasteiger partial charge in [0.25, 0.3) is 0 Å². The van der Waals surface area contributed by atoms with Crippen LogP contribution in [0.5, 0.6) is 0 Å².